The molecule has 7 nitrogen and oxygen atoms in total. The highest BCUT2D eigenvalue weighted by molar-refractivity contribution is 5.83. The zero-order valence-corrected chi connectivity index (χ0v) is 16.2. The average Bonchev–Trinajstić information content (AvgIpc) is 2.71. The van der Waals surface area contributed by atoms with Crippen molar-refractivity contribution >= 4 is 16.7 Å². The van der Waals surface area contributed by atoms with Crippen LogP contribution in [0.4, 0.5) is 0 Å². The second-order valence-electron chi connectivity index (χ2n) is 6.38. The number of carbonyl (C=O) groups excluding carboxylic acids is 1. The van der Waals surface area contributed by atoms with Gasteiger partial charge < -0.3 is 14.8 Å². The minimum Gasteiger partial charge on any atom is -0.493 e. The van der Waals surface area contributed by atoms with Gasteiger partial charge in [0, 0.05) is 11.9 Å². The maximum absolute atomic E-state index is 12.5. The number of nitrogens with zero attached hydrogens (tertiary/aromatic N) is 2. The smallest absolute Gasteiger partial charge is 0.275 e. The minimum absolute atomic E-state index is 0.115. The van der Waals surface area contributed by atoms with Crippen molar-refractivity contribution in [2.75, 3.05) is 20.8 Å². The molecule has 1 N–H and O–H groups in total. The molecule has 0 aliphatic heterocycles. The third-order valence-electron chi connectivity index (χ3n) is 4.53. The Morgan fingerprint density at radius 3 is 2.50 bits per heavy atom. The predicted molar refractivity (Wildman–Crippen MR) is 107 cm³/mol. The number of carbonyl (C=O) groups is 1. The van der Waals surface area contributed by atoms with Crippen LogP contribution in [0.3, 0.4) is 0 Å². The third kappa shape index (κ3) is 4.14. The van der Waals surface area contributed by atoms with Crippen molar-refractivity contribution in [2.45, 2.75) is 19.9 Å². The lowest BCUT2D eigenvalue weighted by molar-refractivity contribution is -0.121. The molecule has 0 atom stereocenters. The first kappa shape index (κ1) is 19.4. The van der Waals surface area contributed by atoms with Crippen molar-refractivity contribution in [3.8, 4) is 11.5 Å². The summed E-state index contributed by atoms with van der Waals surface area (Å²) in [6, 6.07) is 12.9. The normalized spacial score (nSPS) is 10.7. The summed E-state index contributed by atoms with van der Waals surface area (Å²) in [5, 5.41) is 8.46. The number of methoxy groups -OCH3 is 2. The SMILES string of the molecule is COc1ccc(CCNC(=O)Cn2nc(C)c3ccccc3c2=O)cc1OC. The molecule has 0 unspecified atom stereocenters. The number of aryl methyl sites for hydroxylation is 1. The van der Waals surface area contributed by atoms with Crippen molar-refractivity contribution in [1.82, 2.24) is 15.1 Å². The van der Waals surface area contributed by atoms with Gasteiger partial charge in [0.25, 0.3) is 5.56 Å². The van der Waals surface area contributed by atoms with Crippen molar-refractivity contribution in [3.05, 3.63) is 64.1 Å². The molecule has 0 radical (unpaired) electrons. The number of fused-ring (bicyclic) bond motifs is 1. The number of rotatable bonds is 7. The van der Waals surface area contributed by atoms with Crippen molar-refractivity contribution in [1.29, 1.82) is 0 Å². The summed E-state index contributed by atoms with van der Waals surface area (Å²) in [5.41, 5.74) is 1.46. The molecule has 1 aromatic heterocycles. The van der Waals surface area contributed by atoms with E-state index in [2.05, 4.69) is 10.4 Å². The first-order valence-electron chi connectivity index (χ1n) is 8.97. The van der Waals surface area contributed by atoms with Crippen LogP contribution in [-0.4, -0.2) is 36.5 Å². The molecule has 146 valence electrons. The summed E-state index contributed by atoms with van der Waals surface area (Å²) >= 11 is 0. The van der Waals surface area contributed by atoms with E-state index in [4.69, 9.17) is 9.47 Å². The number of benzene rings is 2. The highest BCUT2D eigenvalue weighted by Gasteiger charge is 2.11. The zero-order valence-electron chi connectivity index (χ0n) is 16.2. The molecule has 0 spiro atoms. The standard InChI is InChI=1S/C21H23N3O4/c1-14-16-6-4-5-7-17(16)21(26)24(23-14)13-20(25)22-11-10-15-8-9-18(27-2)19(12-15)28-3/h4-9,12H,10-11,13H2,1-3H3,(H,22,25). The van der Waals surface area contributed by atoms with Crippen molar-refractivity contribution in [3.63, 3.8) is 0 Å². The second kappa shape index (κ2) is 8.56. The highest BCUT2D eigenvalue weighted by Crippen LogP contribution is 2.27. The van der Waals surface area contributed by atoms with Crippen molar-refractivity contribution in [2.24, 2.45) is 0 Å². The molecule has 0 fully saturated rings. The Hall–Kier alpha value is -3.35. The van der Waals surface area contributed by atoms with Crippen LogP contribution in [0.2, 0.25) is 0 Å². The number of aromatic nitrogens is 2. The van der Waals surface area contributed by atoms with Crippen LogP contribution in [0.15, 0.2) is 47.3 Å². The monoisotopic (exact) mass is 381 g/mol. The van der Waals surface area contributed by atoms with Gasteiger partial charge in [-0.1, -0.05) is 24.3 Å². The van der Waals surface area contributed by atoms with E-state index in [1.165, 1.54) is 4.68 Å². The van der Waals surface area contributed by atoms with Crippen LogP contribution < -0.4 is 20.3 Å². The van der Waals surface area contributed by atoms with Gasteiger partial charge in [-0.2, -0.15) is 5.10 Å². The van der Waals surface area contributed by atoms with Gasteiger partial charge in [0.2, 0.25) is 5.91 Å². The van der Waals surface area contributed by atoms with Crippen LogP contribution >= 0.6 is 0 Å². The summed E-state index contributed by atoms with van der Waals surface area (Å²) in [5.74, 6) is 1.05. The van der Waals surface area contributed by atoms with Gasteiger partial charge >= 0.3 is 0 Å². The molecule has 7 heteroatoms. The lowest BCUT2D eigenvalue weighted by atomic mass is 10.1. The number of amides is 1. The molecule has 2 aromatic carbocycles. The number of ether oxygens (including phenoxy) is 2. The van der Waals surface area contributed by atoms with E-state index < -0.39 is 0 Å². The van der Waals surface area contributed by atoms with Gasteiger partial charge in [0.15, 0.2) is 11.5 Å². The first-order chi connectivity index (χ1) is 13.5. The molecular weight excluding hydrogens is 358 g/mol. The fourth-order valence-electron chi connectivity index (χ4n) is 3.09. The number of hydrogen-bond donors (Lipinski definition) is 1. The van der Waals surface area contributed by atoms with Gasteiger partial charge in [-0.05, 0) is 37.1 Å². The van der Waals surface area contributed by atoms with E-state index >= 15 is 0 Å². The molecule has 0 bridgehead atoms. The lowest BCUT2D eigenvalue weighted by Crippen LogP contribution is -2.35. The van der Waals surface area contributed by atoms with E-state index in [0.717, 1.165) is 10.9 Å². The fraction of sp³-hybridized carbons (Fsp3) is 0.286. The Morgan fingerprint density at radius 1 is 1.07 bits per heavy atom. The Bertz CT molecular complexity index is 1060. The van der Waals surface area contributed by atoms with Crippen LogP contribution in [-0.2, 0) is 17.8 Å². The molecule has 3 aromatic rings. The second-order valence-corrected chi connectivity index (χ2v) is 6.38. The Labute approximate surface area is 162 Å². The Morgan fingerprint density at radius 2 is 1.79 bits per heavy atom. The van der Waals surface area contributed by atoms with E-state index in [1.807, 2.05) is 37.3 Å². The maximum atomic E-state index is 12.5. The molecule has 0 aliphatic rings. The molecule has 0 saturated heterocycles. The van der Waals surface area contributed by atoms with E-state index in [1.54, 1.807) is 26.4 Å². The first-order valence-corrected chi connectivity index (χ1v) is 8.97. The summed E-state index contributed by atoms with van der Waals surface area (Å²) in [7, 11) is 3.17. The molecule has 1 amide bonds. The largest absolute Gasteiger partial charge is 0.493 e. The predicted octanol–water partition coefficient (Wildman–Crippen LogP) is 2.08. The Balaban J connectivity index is 1.63. The van der Waals surface area contributed by atoms with E-state index in [0.29, 0.717) is 35.5 Å². The zero-order chi connectivity index (χ0) is 20.1. The Kier molecular flexibility index (Phi) is 5.93. The summed E-state index contributed by atoms with van der Waals surface area (Å²) in [4.78, 5) is 24.8. The lowest BCUT2D eigenvalue weighted by Gasteiger charge is -2.11. The van der Waals surface area contributed by atoms with Gasteiger partial charge in [0.1, 0.15) is 6.54 Å². The summed E-state index contributed by atoms with van der Waals surface area (Å²) in [6.07, 6.45) is 0.630. The molecule has 3 rings (SSSR count). The maximum Gasteiger partial charge on any atom is 0.275 e. The average molecular weight is 381 g/mol. The molecule has 1 heterocycles. The van der Waals surface area contributed by atoms with Gasteiger partial charge in [0.05, 0.1) is 25.3 Å². The third-order valence-corrected chi connectivity index (χ3v) is 4.53. The van der Waals surface area contributed by atoms with Crippen LogP contribution in [0.25, 0.3) is 10.8 Å². The molecule has 0 saturated carbocycles. The summed E-state index contributed by atoms with van der Waals surface area (Å²) in [6.45, 7) is 2.15. The quantitative estimate of drug-likeness (QED) is 0.678. The van der Waals surface area contributed by atoms with E-state index in [-0.39, 0.29) is 18.0 Å². The van der Waals surface area contributed by atoms with Gasteiger partial charge in [-0.15, -0.1) is 0 Å². The van der Waals surface area contributed by atoms with E-state index in [9.17, 15) is 9.59 Å². The summed E-state index contributed by atoms with van der Waals surface area (Å²) < 4.78 is 11.7. The number of nitrogens with one attached hydrogen (secondary N) is 1. The molecular formula is C21H23N3O4. The molecule has 28 heavy (non-hydrogen) atoms. The van der Waals surface area contributed by atoms with Crippen LogP contribution in [0.1, 0.15) is 11.3 Å². The fourth-order valence-corrected chi connectivity index (χ4v) is 3.09. The van der Waals surface area contributed by atoms with Crippen molar-refractivity contribution < 1.29 is 14.3 Å². The van der Waals surface area contributed by atoms with Gasteiger partial charge in [-0.3, -0.25) is 9.59 Å². The minimum atomic E-state index is -0.267. The highest BCUT2D eigenvalue weighted by atomic mass is 16.5. The number of hydrogen-bond acceptors (Lipinski definition) is 5. The van der Waals surface area contributed by atoms with Crippen LogP contribution in [0, 0.1) is 6.92 Å². The molecule has 0 aliphatic carbocycles. The topological polar surface area (TPSA) is 82.5 Å². The van der Waals surface area contributed by atoms with Crippen LogP contribution in [0.5, 0.6) is 11.5 Å². The van der Waals surface area contributed by atoms with Gasteiger partial charge in [-0.25, -0.2) is 4.68 Å².